The first-order valence-corrected chi connectivity index (χ1v) is 12.7. The van der Waals surface area contributed by atoms with E-state index in [4.69, 9.17) is 4.42 Å². The molecule has 1 fully saturated rings. The molecule has 0 atom stereocenters. The monoisotopic (exact) mass is 479 g/mol. The summed E-state index contributed by atoms with van der Waals surface area (Å²) in [5.41, 5.74) is 3.64. The maximum atomic E-state index is 13.2. The molecule has 1 N–H and O–H groups in total. The summed E-state index contributed by atoms with van der Waals surface area (Å²) >= 11 is 3.22. The zero-order valence-corrected chi connectivity index (χ0v) is 20.2. The van der Waals surface area contributed by atoms with Gasteiger partial charge >= 0.3 is 0 Å². The molecular formula is C24H25N5O2S2. The normalized spacial score (nSPS) is 14.7. The lowest BCUT2D eigenvalue weighted by molar-refractivity contribution is 0.0997. The number of pyridine rings is 1. The standard InChI is InChI=1S/C24H25N5O2S2/c1-16-14-32-24(26-16)33-15-19-18-5-3-4-6-20(18)31-22(19)23(30)27-21-8-7-17(13-25-21)29-11-9-28(2)10-12-29/h3-8,13-14H,9-12,15H2,1-2H3,(H,25,27,30). The maximum absolute atomic E-state index is 13.2. The van der Waals surface area contributed by atoms with E-state index in [1.165, 1.54) is 0 Å². The highest BCUT2D eigenvalue weighted by atomic mass is 32.2. The van der Waals surface area contributed by atoms with Gasteiger partial charge in [0, 0.05) is 54.0 Å². The number of hydrogen-bond donors (Lipinski definition) is 1. The topological polar surface area (TPSA) is 74.5 Å². The molecule has 33 heavy (non-hydrogen) atoms. The van der Waals surface area contributed by atoms with Crippen LogP contribution in [0.2, 0.25) is 0 Å². The second-order valence-corrected chi connectivity index (χ2v) is 10.2. The van der Waals surface area contributed by atoms with Gasteiger partial charge in [-0.3, -0.25) is 4.79 Å². The van der Waals surface area contributed by atoms with E-state index in [-0.39, 0.29) is 5.91 Å². The summed E-state index contributed by atoms with van der Waals surface area (Å²) in [6.45, 7) is 6.00. The van der Waals surface area contributed by atoms with Gasteiger partial charge in [0.25, 0.3) is 5.91 Å². The number of carbonyl (C=O) groups is 1. The van der Waals surface area contributed by atoms with Gasteiger partial charge in [0.2, 0.25) is 0 Å². The molecule has 9 heteroatoms. The van der Waals surface area contributed by atoms with Crippen molar-refractivity contribution in [3.63, 3.8) is 0 Å². The second-order valence-electron chi connectivity index (χ2n) is 8.10. The Morgan fingerprint density at radius 2 is 2.00 bits per heavy atom. The number of nitrogens with one attached hydrogen (secondary N) is 1. The number of piperazine rings is 1. The molecule has 0 aliphatic carbocycles. The fourth-order valence-corrected chi connectivity index (χ4v) is 5.72. The molecule has 1 amide bonds. The summed E-state index contributed by atoms with van der Waals surface area (Å²) in [5.74, 6) is 1.13. The first kappa shape index (κ1) is 21.9. The number of carbonyl (C=O) groups excluding carboxylic acids is 1. The van der Waals surface area contributed by atoms with E-state index in [1.807, 2.05) is 54.9 Å². The number of benzene rings is 1. The van der Waals surface area contributed by atoms with E-state index in [2.05, 4.69) is 32.1 Å². The van der Waals surface area contributed by atoms with Crippen molar-refractivity contribution in [2.75, 3.05) is 43.4 Å². The maximum Gasteiger partial charge on any atom is 0.292 e. The van der Waals surface area contributed by atoms with Crippen molar-refractivity contribution in [2.24, 2.45) is 0 Å². The Balaban J connectivity index is 1.33. The molecule has 1 aliphatic heterocycles. The van der Waals surface area contributed by atoms with Crippen LogP contribution in [0.5, 0.6) is 0 Å². The average molecular weight is 480 g/mol. The van der Waals surface area contributed by atoms with Crippen LogP contribution in [-0.4, -0.2) is 54.0 Å². The Kier molecular flexibility index (Phi) is 6.34. The van der Waals surface area contributed by atoms with Crippen molar-refractivity contribution < 1.29 is 9.21 Å². The lowest BCUT2D eigenvalue weighted by atomic mass is 10.1. The van der Waals surface area contributed by atoms with Gasteiger partial charge in [-0.15, -0.1) is 11.3 Å². The molecular weight excluding hydrogens is 454 g/mol. The van der Waals surface area contributed by atoms with Crippen molar-refractivity contribution in [1.82, 2.24) is 14.9 Å². The first-order valence-electron chi connectivity index (χ1n) is 10.8. The number of hydrogen-bond acceptors (Lipinski definition) is 8. The number of aryl methyl sites for hydroxylation is 1. The Morgan fingerprint density at radius 1 is 1.18 bits per heavy atom. The molecule has 0 bridgehead atoms. The lowest BCUT2D eigenvalue weighted by Gasteiger charge is -2.33. The van der Waals surface area contributed by atoms with Gasteiger partial charge < -0.3 is 19.5 Å². The van der Waals surface area contributed by atoms with E-state index < -0.39 is 0 Å². The van der Waals surface area contributed by atoms with Gasteiger partial charge in [0.1, 0.15) is 15.7 Å². The molecule has 1 aromatic carbocycles. The van der Waals surface area contributed by atoms with Crippen LogP contribution in [0.3, 0.4) is 0 Å². The zero-order chi connectivity index (χ0) is 22.8. The zero-order valence-electron chi connectivity index (χ0n) is 18.6. The molecule has 7 nitrogen and oxygen atoms in total. The largest absolute Gasteiger partial charge is 0.451 e. The quantitative estimate of drug-likeness (QED) is 0.395. The smallest absolute Gasteiger partial charge is 0.292 e. The van der Waals surface area contributed by atoms with Gasteiger partial charge in [-0.1, -0.05) is 30.0 Å². The van der Waals surface area contributed by atoms with Crippen LogP contribution in [-0.2, 0) is 5.75 Å². The van der Waals surface area contributed by atoms with Crippen molar-refractivity contribution in [1.29, 1.82) is 0 Å². The van der Waals surface area contributed by atoms with Gasteiger partial charge in [0.15, 0.2) is 5.76 Å². The summed E-state index contributed by atoms with van der Waals surface area (Å²) in [6.07, 6.45) is 1.82. The highest BCUT2D eigenvalue weighted by Crippen LogP contribution is 2.33. The molecule has 0 spiro atoms. The van der Waals surface area contributed by atoms with Gasteiger partial charge in [-0.2, -0.15) is 0 Å². The van der Waals surface area contributed by atoms with Gasteiger partial charge in [-0.25, -0.2) is 9.97 Å². The number of thiazole rings is 1. The summed E-state index contributed by atoms with van der Waals surface area (Å²) in [7, 11) is 2.14. The molecule has 1 aliphatic rings. The van der Waals surface area contributed by atoms with E-state index in [9.17, 15) is 4.79 Å². The van der Waals surface area contributed by atoms with E-state index in [1.54, 1.807) is 23.1 Å². The Morgan fingerprint density at radius 3 is 2.73 bits per heavy atom. The predicted octanol–water partition coefficient (Wildman–Crippen LogP) is 4.89. The van der Waals surface area contributed by atoms with E-state index >= 15 is 0 Å². The number of anilines is 2. The molecule has 4 heterocycles. The Hall–Kier alpha value is -2.88. The first-order chi connectivity index (χ1) is 16.1. The summed E-state index contributed by atoms with van der Waals surface area (Å²) in [5, 5.41) is 5.88. The molecule has 0 radical (unpaired) electrons. The molecule has 1 saturated heterocycles. The number of nitrogens with zero attached hydrogens (tertiary/aromatic N) is 4. The van der Waals surface area contributed by atoms with Crippen LogP contribution in [0.1, 0.15) is 21.8 Å². The fourth-order valence-electron chi connectivity index (χ4n) is 3.84. The fraction of sp³-hybridized carbons (Fsp3) is 0.292. The number of thioether (sulfide) groups is 1. The summed E-state index contributed by atoms with van der Waals surface area (Å²) < 4.78 is 6.95. The predicted molar refractivity (Wildman–Crippen MR) is 135 cm³/mol. The van der Waals surface area contributed by atoms with Crippen LogP contribution in [0.15, 0.2) is 56.7 Å². The molecule has 5 rings (SSSR count). The van der Waals surface area contributed by atoms with E-state index in [0.29, 0.717) is 22.9 Å². The Bertz CT molecular complexity index is 1260. The van der Waals surface area contributed by atoms with Crippen LogP contribution in [0, 0.1) is 6.92 Å². The van der Waals surface area contributed by atoms with E-state index in [0.717, 1.165) is 52.8 Å². The Labute approximate surface area is 200 Å². The third kappa shape index (κ3) is 4.90. The van der Waals surface area contributed by atoms with Crippen LogP contribution in [0.25, 0.3) is 11.0 Å². The van der Waals surface area contributed by atoms with Crippen molar-refractivity contribution >= 4 is 51.5 Å². The third-order valence-corrected chi connectivity index (χ3v) is 7.87. The van der Waals surface area contributed by atoms with Crippen molar-refractivity contribution in [2.45, 2.75) is 17.0 Å². The third-order valence-electron chi connectivity index (χ3n) is 5.70. The molecule has 170 valence electrons. The minimum absolute atomic E-state index is 0.294. The van der Waals surface area contributed by atoms with Crippen LogP contribution in [0.4, 0.5) is 11.5 Å². The number of likely N-dealkylation sites (N-methyl/N-ethyl adjacent to an activating group) is 1. The number of fused-ring (bicyclic) bond motifs is 1. The summed E-state index contributed by atoms with van der Waals surface area (Å²) in [4.78, 5) is 26.8. The van der Waals surface area contributed by atoms with Crippen molar-refractivity contribution in [3.05, 3.63) is 65.0 Å². The van der Waals surface area contributed by atoms with Crippen LogP contribution < -0.4 is 10.2 Å². The molecule has 4 aromatic rings. The molecule has 0 saturated carbocycles. The number of rotatable bonds is 6. The number of amides is 1. The molecule has 3 aromatic heterocycles. The van der Waals surface area contributed by atoms with Gasteiger partial charge in [0.05, 0.1) is 11.9 Å². The number of aromatic nitrogens is 2. The summed E-state index contributed by atoms with van der Waals surface area (Å²) in [6, 6.07) is 11.6. The van der Waals surface area contributed by atoms with Gasteiger partial charge in [-0.05, 0) is 32.2 Å². The number of furan rings is 1. The highest BCUT2D eigenvalue weighted by Gasteiger charge is 2.22. The minimum Gasteiger partial charge on any atom is -0.451 e. The number of para-hydroxylation sites is 1. The second kappa shape index (κ2) is 9.54. The van der Waals surface area contributed by atoms with Crippen LogP contribution >= 0.6 is 23.1 Å². The highest BCUT2D eigenvalue weighted by molar-refractivity contribution is 8.00. The lowest BCUT2D eigenvalue weighted by Crippen LogP contribution is -2.44. The SMILES string of the molecule is Cc1csc(SCc2c(C(=O)Nc3ccc(N4CCN(C)CC4)cn3)oc3ccccc23)n1. The average Bonchev–Trinajstić information content (AvgIpc) is 3.42. The molecule has 0 unspecified atom stereocenters. The minimum atomic E-state index is -0.294. The van der Waals surface area contributed by atoms with Crippen molar-refractivity contribution in [3.8, 4) is 0 Å².